The van der Waals surface area contributed by atoms with Crippen LogP contribution < -0.4 is 5.32 Å². The molecule has 4 aromatic rings. The maximum atomic E-state index is 13.0. The van der Waals surface area contributed by atoms with Crippen LogP contribution in [-0.2, 0) is 30.4 Å². The van der Waals surface area contributed by atoms with E-state index in [1.54, 1.807) is 30.3 Å². The highest BCUT2D eigenvalue weighted by molar-refractivity contribution is 9.10. The lowest BCUT2D eigenvalue weighted by atomic mass is 9.99. The zero-order valence-electron chi connectivity index (χ0n) is 23.2. The maximum absolute atomic E-state index is 13.0. The molecule has 10 heteroatoms. The molecule has 0 aliphatic carbocycles. The Balaban J connectivity index is 1.26. The van der Waals surface area contributed by atoms with E-state index in [1.807, 2.05) is 56.3 Å². The number of carbonyl (C=O) groups is 1. The third kappa shape index (κ3) is 8.73. The molecule has 0 amide bonds. The van der Waals surface area contributed by atoms with Gasteiger partial charge in [0.2, 0.25) is 0 Å². The first-order chi connectivity index (χ1) is 20.1. The highest BCUT2D eigenvalue weighted by Crippen LogP contribution is 2.29. The SMILES string of the molecule is Cc1ccc(S(=O)(=O)OCCOCCOCc2cc(Br)ccc2Nc2ccc(C(=O)c3ccccc3C)c(Cl)c2)cc1. The van der Waals surface area contributed by atoms with E-state index in [4.69, 9.17) is 25.3 Å². The van der Waals surface area contributed by atoms with Gasteiger partial charge in [-0.05, 0) is 67.9 Å². The van der Waals surface area contributed by atoms with E-state index in [9.17, 15) is 13.2 Å². The summed E-state index contributed by atoms with van der Waals surface area (Å²) < 4.78 is 41.7. The maximum Gasteiger partial charge on any atom is 0.297 e. The van der Waals surface area contributed by atoms with Gasteiger partial charge in [-0.1, -0.05) is 69.5 Å². The molecule has 0 heterocycles. The normalized spacial score (nSPS) is 11.4. The summed E-state index contributed by atoms with van der Waals surface area (Å²) in [4.78, 5) is 13.1. The minimum absolute atomic E-state index is 0.0895. The van der Waals surface area contributed by atoms with Crippen LogP contribution in [-0.4, -0.2) is 40.6 Å². The van der Waals surface area contributed by atoms with Crippen LogP contribution in [0, 0.1) is 13.8 Å². The Morgan fingerprint density at radius 1 is 0.833 bits per heavy atom. The predicted octanol–water partition coefficient (Wildman–Crippen LogP) is 7.63. The summed E-state index contributed by atoms with van der Waals surface area (Å²) in [6.07, 6.45) is 0. The Morgan fingerprint density at radius 2 is 1.55 bits per heavy atom. The molecule has 0 radical (unpaired) electrons. The lowest BCUT2D eigenvalue weighted by Crippen LogP contribution is -2.13. The van der Waals surface area contributed by atoms with E-state index >= 15 is 0 Å². The molecule has 1 N–H and O–H groups in total. The largest absolute Gasteiger partial charge is 0.377 e. The number of carbonyl (C=O) groups excluding carboxylic acids is 1. The summed E-state index contributed by atoms with van der Waals surface area (Å²) in [7, 11) is -3.82. The zero-order valence-corrected chi connectivity index (χ0v) is 26.4. The fourth-order valence-corrected chi connectivity index (χ4v) is 5.65. The number of hydrogen-bond acceptors (Lipinski definition) is 7. The topological polar surface area (TPSA) is 90.9 Å². The second kappa shape index (κ2) is 14.9. The van der Waals surface area contributed by atoms with Gasteiger partial charge in [0.25, 0.3) is 10.1 Å². The van der Waals surface area contributed by atoms with Crippen molar-refractivity contribution in [1.29, 1.82) is 0 Å². The second-order valence-electron chi connectivity index (χ2n) is 9.52. The molecule has 0 spiro atoms. The van der Waals surface area contributed by atoms with E-state index in [2.05, 4.69) is 21.2 Å². The van der Waals surface area contributed by atoms with Crippen molar-refractivity contribution in [2.45, 2.75) is 25.3 Å². The van der Waals surface area contributed by atoms with Crippen LogP contribution in [0.25, 0.3) is 0 Å². The Morgan fingerprint density at radius 3 is 2.29 bits per heavy atom. The van der Waals surface area contributed by atoms with E-state index in [-0.39, 0.29) is 30.5 Å². The number of benzene rings is 4. The van der Waals surface area contributed by atoms with E-state index in [0.29, 0.717) is 29.4 Å². The van der Waals surface area contributed by atoms with Crippen LogP contribution >= 0.6 is 27.5 Å². The molecule has 0 aromatic heterocycles. The number of hydrogen-bond donors (Lipinski definition) is 1. The molecule has 0 unspecified atom stereocenters. The van der Waals surface area contributed by atoms with Gasteiger partial charge < -0.3 is 14.8 Å². The first-order valence-corrected chi connectivity index (χ1v) is 15.8. The van der Waals surface area contributed by atoms with Gasteiger partial charge in [0.05, 0.1) is 43.0 Å². The van der Waals surface area contributed by atoms with Crippen molar-refractivity contribution in [1.82, 2.24) is 0 Å². The Kier molecular flexibility index (Phi) is 11.3. The van der Waals surface area contributed by atoms with Crippen molar-refractivity contribution in [2.75, 3.05) is 31.7 Å². The summed E-state index contributed by atoms with van der Waals surface area (Å²) in [5, 5.41) is 3.71. The molecule has 0 fully saturated rings. The number of aryl methyl sites for hydroxylation is 2. The van der Waals surface area contributed by atoms with Gasteiger partial charge in [-0.2, -0.15) is 8.42 Å². The van der Waals surface area contributed by atoms with E-state index in [1.165, 1.54) is 12.1 Å². The third-order valence-electron chi connectivity index (χ3n) is 6.36. The Labute approximate surface area is 260 Å². The van der Waals surface area contributed by atoms with Crippen LogP contribution in [0.4, 0.5) is 11.4 Å². The van der Waals surface area contributed by atoms with Gasteiger partial charge >= 0.3 is 0 Å². The molecule has 0 aliphatic rings. The predicted molar refractivity (Wildman–Crippen MR) is 168 cm³/mol. The van der Waals surface area contributed by atoms with Crippen molar-refractivity contribution in [2.24, 2.45) is 0 Å². The standard InChI is InChI=1S/C32H31BrClNO6S/c1-22-7-11-27(12-8-22)42(37,38)41-18-17-39-15-16-40-21-24-19-25(33)9-14-31(24)35-26-10-13-29(30(34)20-26)32(36)28-6-4-3-5-23(28)2/h3-14,19-20,35H,15-18,21H2,1-2H3. The molecule has 0 aliphatic heterocycles. The van der Waals surface area contributed by atoms with Crippen molar-refractivity contribution in [3.8, 4) is 0 Å². The lowest BCUT2D eigenvalue weighted by molar-refractivity contribution is 0.0311. The lowest BCUT2D eigenvalue weighted by Gasteiger charge is -2.15. The second-order valence-corrected chi connectivity index (χ2v) is 12.5. The van der Waals surface area contributed by atoms with Crippen molar-refractivity contribution in [3.05, 3.63) is 122 Å². The Hall–Kier alpha value is -3.05. The van der Waals surface area contributed by atoms with Crippen molar-refractivity contribution >= 4 is 54.8 Å². The molecular weight excluding hydrogens is 642 g/mol. The molecule has 220 valence electrons. The molecular formula is C32H31BrClNO6S. The van der Waals surface area contributed by atoms with Gasteiger partial charge in [-0.25, -0.2) is 0 Å². The molecule has 7 nitrogen and oxygen atoms in total. The van der Waals surface area contributed by atoms with Crippen molar-refractivity contribution in [3.63, 3.8) is 0 Å². The molecule has 0 saturated heterocycles. The minimum atomic E-state index is -3.82. The van der Waals surface area contributed by atoms with Crippen LogP contribution in [0.2, 0.25) is 5.02 Å². The number of anilines is 2. The number of ether oxygens (including phenoxy) is 2. The molecule has 4 aromatic carbocycles. The van der Waals surface area contributed by atoms with Crippen molar-refractivity contribution < 1.29 is 26.9 Å². The molecule has 42 heavy (non-hydrogen) atoms. The summed E-state index contributed by atoms with van der Waals surface area (Å²) in [6.45, 7) is 4.69. The van der Waals surface area contributed by atoms with Gasteiger partial charge in [0, 0.05) is 32.5 Å². The average Bonchev–Trinajstić information content (AvgIpc) is 2.96. The molecule has 0 atom stereocenters. The average molecular weight is 673 g/mol. The smallest absolute Gasteiger partial charge is 0.297 e. The fraction of sp³-hybridized carbons (Fsp3) is 0.219. The number of ketones is 1. The van der Waals surface area contributed by atoms with Crippen LogP contribution in [0.15, 0.2) is 94.3 Å². The summed E-state index contributed by atoms with van der Waals surface area (Å²) in [5.41, 5.74) is 5.37. The van der Waals surface area contributed by atoms with Crippen LogP contribution in [0.3, 0.4) is 0 Å². The van der Waals surface area contributed by atoms with Crippen LogP contribution in [0.5, 0.6) is 0 Å². The number of rotatable bonds is 14. The zero-order chi connectivity index (χ0) is 30.1. The third-order valence-corrected chi connectivity index (χ3v) is 8.49. The van der Waals surface area contributed by atoms with Gasteiger partial charge in [0.15, 0.2) is 5.78 Å². The van der Waals surface area contributed by atoms with Gasteiger partial charge in [0.1, 0.15) is 0 Å². The Bertz CT molecular complexity index is 1640. The highest BCUT2D eigenvalue weighted by Gasteiger charge is 2.16. The quantitative estimate of drug-likeness (QED) is 0.0837. The van der Waals surface area contributed by atoms with Gasteiger partial charge in [-0.3, -0.25) is 8.98 Å². The highest BCUT2D eigenvalue weighted by atomic mass is 79.9. The number of nitrogens with one attached hydrogen (secondary N) is 1. The molecule has 4 rings (SSSR count). The monoisotopic (exact) mass is 671 g/mol. The summed E-state index contributed by atoms with van der Waals surface area (Å²) in [5.74, 6) is -0.121. The fourth-order valence-electron chi connectivity index (χ4n) is 4.09. The summed E-state index contributed by atoms with van der Waals surface area (Å²) in [6, 6.07) is 25.0. The number of halogens is 2. The molecule has 0 saturated carbocycles. The first-order valence-electron chi connectivity index (χ1n) is 13.2. The minimum Gasteiger partial charge on any atom is -0.377 e. The van der Waals surface area contributed by atoms with Crippen LogP contribution in [0.1, 0.15) is 32.6 Å². The first kappa shape index (κ1) is 31.9. The van der Waals surface area contributed by atoms with E-state index in [0.717, 1.165) is 32.5 Å². The molecule has 0 bridgehead atoms. The summed E-state index contributed by atoms with van der Waals surface area (Å²) >= 11 is 10.0. The van der Waals surface area contributed by atoms with E-state index < -0.39 is 10.1 Å². The van der Waals surface area contributed by atoms with Gasteiger partial charge in [-0.15, -0.1) is 0 Å².